The lowest BCUT2D eigenvalue weighted by atomic mass is 9.99. The molecule has 110 valence electrons. The summed E-state index contributed by atoms with van der Waals surface area (Å²) in [5.41, 5.74) is 11.7. The number of allylic oxidation sites excluding steroid dienone is 2. The van der Waals surface area contributed by atoms with Gasteiger partial charge in [-0.1, -0.05) is 19.1 Å². The standard InChI is InChI=1S/C18H23N3/c1-5-13(3)18(21-12-15(6-2)10-19)17-8-7-16(11-20)9-14(17)4/h6-9,12H,5,10,19H2,1-4H3/b15-6-,18-13-,21-12-. The van der Waals surface area contributed by atoms with Crippen molar-refractivity contribution >= 4 is 11.9 Å². The zero-order chi connectivity index (χ0) is 15.8. The molecule has 21 heavy (non-hydrogen) atoms. The van der Waals surface area contributed by atoms with Gasteiger partial charge in [-0.05, 0) is 56.0 Å². The molecule has 0 radical (unpaired) electrons. The van der Waals surface area contributed by atoms with Gasteiger partial charge in [0.2, 0.25) is 0 Å². The zero-order valence-electron chi connectivity index (χ0n) is 13.3. The Kier molecular flexibility index (Phi) is 6.58. The van der Waals surface area contributed by atoms with E-state index in [9.17, 15) is 0 Å². The SMILES string of the molecule is C\C=C(/C=N\C(=C(\C)CC)c1ccc(C#N)cc1C)CN. The van der Waals surface area contributed by atoms with Gasteiger partial charge in [-0.15, -0.1) is 0 Å². The Balaban J connectivity index is 3.33. The van der Waals surface area contributed by atoms with E-state index < -0.39 is 0 Å². The van der Waals surface area contributed by atoms with Crippen molar-refractivity contribution in [3.05, 3.63) is 52.1 Å². The third-order valence-corrected chi connectivity index (χ3v) is 3.51. The molecule has 2 N–H and O–H groups in total. The summed E-state index contributed by atoms with van der Waals surface area (Å²) in [6.07, 6.45) is 4.72. The van der Waals surface area contributed by atoms with Gasteiger partial charge >= 0.3 is 0 Å². The van der Waals surface area contributed by atoms with Crippen molar-refractivity contribution < 1.29 is 0 Å². The van der Waals surface area contributed by atoms with E-state index in [1.807, 2.05) is 44.3 Å². The molecule has 0 aromatic heterocycles. The molecule has 3 nitrogen and oxygen atoms in total. The Morgan fingerprint density at radius 1 is 1.43 bits per heavy atom. The minimum absolute atomic E-state index is 0.477. The van der Waals surface area contributed by atoms with Gasteiger partial charge in [-0.25, -0.2) is 0 Å². The van der Waals surface area contributed by atoms with Crippen LogP contribution in [0.1, 0.15) is 43.9 Å². The summed E-state index contributed by atoms with van der Waals surface area (Å²) in [6, 6.07) is 7.87. The number of rotatable bonds is 5. The first-order valence-corrected chi connectivity index (χ1v) is 7.17. The Hall–Kier alpha value is -2.18. The topological polar surface area (TPSA) is 62.2 Å². The summed E-state index contributed by atoms with van der Waals surface area (Å²) in [5.74, 6) is 0. The molecule has 0 heterocycles. The van der Waals surface area contributed by atoms with Crippen molar-refractivity contribution in [2.45, 2.75) is 34.1 Å². The average molecular weight is 281 g/mol. The van der Waals surface area contributed by atoms with Crippen LogP contribution in [0.25, 0.3) is 5.70 Å². The predicted octanol–water partition coefficient (Wildman–Crippen LogP) is 3.98. The summed E-state index contributed by atoms with van der Waals surface area (Å²) in [6.45, 7) is 8.64. The van der Waals surface area contributed by atoms with E-state index in [-0.39, 0.29) is 0 Å². The van der Waals surface area contributed by atoms with Gasteiger partial charge < -0.3 is 5.73 Å². The maximum absolute atomic E-state index is 8.97. The van der Waals surface area contributed by atoms with E-state index in [0.29, 0.717) is 12.1 Å². The number of nitrogens with zero attached hydrogens (tertiary/aromatic N) is 2. The molecule has 0 bridgehead atoms. The van der Waals surface area contributed by atoms with Crippen LogP contribution in [0.2, 0.25) is 0 Å². The van der Waals surface area contributed by atoms with Crippen LogP contribution < -0.4 is 5.73 Å². The molecular weight excluding hydrogens is 258 g/mol. The molecule has 0 spiro atoms. The van der Waals surface area contributed by atoms with Crippen LogP contribution in [0.15, 0.2) is 40.4 Å². The quantitative estimate of drug-likeness (QED) is 0.830. The molecule has 0 aliphatic heterocycles. The maximum Gasteiger partial charge on any atom is 0.0991 e. The lowest BCUT2D eigenvalue weighted by Gasteiger charge is -2.11. The molecule has 0 saturated heterocycles. The van der Waals surface area contributed by atoms with Crippen molar-refractivity contribution in [2.24, 2.45) is 10.7 Å². The minimum atomic E-state index is 0.477. The first-order valence-electron chi connectivity index (χ1n) is 7.17. The molecule has 0 atom stereocenters. The van der Waals surface area contributed by atoms with Gasteiger partial charge in [0.25, 0.3) is 0 Å². The predicted molar refractivity (Wildman–Crippen MR) is 90.1 cm³/mol. The van der Waals surface area contributed by atoms with Crippen molar-refractivity contribution in [3.8, 4) is 6.07 Å². The number of hydrogen-bond donors (Lipinski definition) is 1. The Morgan fingerprint density at radius 2 is 2.14 bits per heavy atom. The molecule has 3 heteroatoms. The van der Waals surface area contributed by atoms with Gasteiger partial charge in [0.15, 0.2) is 0 Å². The average Bonchev–Trinajstić information content (AvgIpc) is 2.51. The molecule has 1 aromatic carbocycles. The Labute approximate surface area is 127 Å². The van der Waals surface area contributed by atoms with Crippen LogP contribution in [-0.4, -0.2) is 12.8 Å². The highest BCUT2D eigenvalue weighted by atomic mass is 14.7. The van der Waals surface area contributed by atoms with Crippen molar-refractivity contribution in [2.75, 3.05) is 6.54 Å². The molecule has 0 unspecified atom stereocenters. The van der Waals surface area contributed by atoms with Crippen molar-refractivity contribution in [3.63, 3.8) is 0 Å². The van der Waals surface area contributed by atoms with Gasteiger partial charge in [0.05, 0.1) is 17.3 Å². The van der Waals surface area contributed by atoms with E-state index >= 15 is 0 Å². The second kappa shape index (κ2) is 8.18. The summed E-state index contributed by atoms with van der Waals surface area (Å²) in [7, 11) is 0. The van der Waals surface area contributed by atoms with Crippen LogP contribution in [0.4, 0.5) is 0 Å². The fourth-order valence-corrected chi connectivity index (χ4v) is 1.97. The number of aryl methyl sites for hydroxylation is 1. The van der Waals surface area contributed by atoms with Gasteiger partial charge in [-0.2, -0.15) is 5.26 Å². The highest BCUT2D eigenvalue weighted by molar-refractivity contribution is 5.86. The molecule has 1 rings (SSSR count). The smallest absolute Gasteiger partial charge is 0.0991 e. The minimum Gasteiger partial charge on any atom is -0.326 e. The van der Waals surface area contributed by atoms with E-state index in [2.05, 4.69) is 24.9 Å². The number of nitriles is 1. The molecule has 0 aliphatic rings. The monoisotopic (exact) mass is 281 g/mol. The van der Waals surface area contributed by atoms with E-state index in [0.717, 1.165) is 28.8 Å². The third kappa shape index (κ3) is 4.40. The fraction of sp³-hybridized carbons (Fsp3) is 0.333. The van der Waals surface area contributed by atoms with Crippen LogP contribution >= 0.6 is 0 Å². The van der Waals surface area contributed by atoms with Gasteiger partial charge in [-0.3, -0.25) is 4.99 Å². The number of aliphatic imine (C=N–C) groups is 1. The summed E-state index contributed by atoms with van der Waals surface area (Å²) in [4.78, 5) is 4.65. The zero-order valence-corrected chi connectivity index (χ0v) is 13.3. The molecule has 0 aliphatic carbocycles. The fourth-order valence-electron chi connectivity index (χ4n) is 1.97. The van der Waals surface area contributed by atoms with Gasteiger partial charge in [0.1, 0.15) is 0 Å². The normalized spacial score (nSPS) is 13.2. The third-order valence-electron chi connectivity index (χ3n) is 3.51. The summed E-state index contributed by atoms with van der Waals surface area (Å²) in [5, 5.41) is 8.97. The second-order valence-corrected chi connectivity index (χ2v) is 4.95. The van der Waals surface area contributed by atoms with Crippen molar-refractivity contribution in [1.29, 1.82) is 5.26 Å². The van der Waals surface area contributed by atoms with Gasteiger partial charge in [0, 0.05) is 18.3 Å². The Morgan fingerprint density at radius 3 is 2.62 bits per heavy atom. The molecule has 1 aromatic rings. The van der Waals surface area contributed by atoms with Crippen molar-refractivity contribution in [1.82, 2.24) is 0 Å². The van der Waals surface area contributed by atoms with Crippen LogP contribution in [0.3, 0.4) is 0 Å². The first kappa shape index (κ1) is 16.9. The second-order valence-electron chi connectivity index (χ2n) is 4.95. The molecule has 0 amide bonds. The van der Waals surface area contributed by atoms with E-state index in [4.69, 9.17) is 11.0 Å². The molecule has 0 saturated carbocycles. The van der Waals surface area contributed by atoms with E-state index in [1.165, 1.54) is 5.57 Å². The highest BCUT2D eigenvalue weighted by Gasteiger charge is 2.08. The van der Waals surface area contributed by atoms with Crippen LogP contribution in [0, 0.1) is 18.3 Å². The highest BCUT2D eigenvalue weighted by Crippen LogP contribution is 2.25. The van der Waals surface area contributed by atoms with Crippen LogP contribution in [0.5, 0.6) is 0 Å². The largest absolute Gasteiger partial charge is 0.326 e. The summed E-state index contributed by atoms with van der Waals surface area (Å²) < 4.78 is 0. The maximum atomic E-state index is 8.97. The summed E-state index contributed by atoms with van der Waals surface area (Å²) >= 11 is 0. The van der Waals surface area contributed by atoms with Crippen LogP contribution in [-0.2, 0) is 0 Å². The Bertz CT molecular complexity index is 628. The molecular formula is C18H23N3. The number of nitrogens with two attached hydrogens (primary N) is 1. The lowest BCUT2D eigenvalue weighted by molar-refractivity contribution is 1.09. The van der Waals surface area contributed by atoms with E-state index in [1.54, 1.807) is 0 Å². The lowest BCUT2D eigenvalue weighted by Crippen LogP contribution is -2.04. The number of benzene rings is 1. The molecule has 0 fully saturated rings. The number of hydrogen-bond acceptors (Lipinski definition) is 3. The first-order chi connectivity index (χ1) is 10.1.